The predicted octanol–water partition coefficient (Wildman–Crippen LogP) is 1.95. The van der Waals surface area contributed by atoms with Crippen molar-refractivity contribution in [2.24, 2.45) is 0 Å². The molecular formula is C18H19FN6. The van der Waals surface area contributed by atoms with Crippen molar-refractivity contribution in [2.75, 3.05) is 19.6 Å². The first-order chi connectivity index (χ1) is 12.3. The fourth-order valence-corrected chi connectivity index (χ4v) is 3.23. The summed E-state index contributed by atoms with van der Waals surface area (Å²) in [5.74, 6) is 0.562. The second-order valence-corrected chi connectivity index (χ2v) is 6.09. The first kappa shape index (κ1) is 15.9. The second kappa shape index (κ2) is 7.08. The van der Waals surface area contributed by atoms with Crippen LogP contribution in [0.3, 0.4) is 0 Å². The Hall–Kier alpha value is -2.64. The smallest absolute Gasteiger partial charge is 0.170 e. The van der Waals surface area contributed by atoms with Gasteiger partial charge in [0.25, 0.3) is 0 Å². The van der Waals surface area contributed by atoms with Crippen molar-refractivity contribution in [3.63, 3.8) is 0 Å². The lowest BCUT2D eigenvalue weighted by Gasteiger charge is -2.36. The SMILES string of the molecule is Fc1cccc(C2CNCCN2Cc2nnnn2-c2ccccc2)c1. The number of benzene rings is 2. The maximum atomic E-state index is 13.6. The number of tetrazole rings is 1. The highest BCUT2D eigenvalue weighted by atomic mass is 19.1. The summed E-state index contributed by atoms with van der Waals surface area (Å²) in [7, 11) is 0. The Morgan fingerprint density at radius 2 is 2.00 bits per heavy atom. The number of rotatable bonds is 4. The number of piperazine rings is 1. The molecule has 6 nitrogen and oxygen atoms in total. The quantitative estimate of drug-likeness (QED) is 0.788. The van der Waals surface area contributed by atoms with Crippen LogP contribution >= 0.6 is 0 Å². The Morgan fingerprint density at radius 3 is 2.84 bits per heavy atom. The Kier molecular flexibility index (Phi) is 4.49. The van der Waals surface area contributed by atoms with Crippen LogP contribution in [0.4, 0.5) is 4.39 Å². The molecule has 1 atom stereocenters. The number of nitrogens with zero attached hydrogens (tertiary/aromatic N) is 5. The summed E-state index contributed by atoms with van der Waals surface area (Å²) < 4.78 is 15.4. The van der Waals surface area contributed by atoms with Crippen molar-refractivity contribution in [1.82, 2.24) is 30.4 Å². The Balaban J connectivity index is 1.60. The summed E-state index contributed by atoms with van der Waals surface area (Å²) in [5, 5.41) is 15.5. The first-order valence-corrected chi connectivity index (χ1v) is 8.34. The summed E-state index contributed by atoms with van der Waals surface area (Å²) in [5.41, 5.74) is 1.89. The Bertz CT molecular complexity index is 834. The molecule has 4 rings (SSSR count). The van der Waals surface area contributed by atoms with Crippen molar-refractivity contribution in [2.45, 2.75) is 12.6 Å². The van der Waals surface area contributed by atoms with Crippen LogP contribution in [0.25, 0.3) is 5.69 Å². The van der Waals surface area contributed by atoms with Gasteiger partial charge in [0.05, 0.1) is 12.2 Å². The Labute approximate surface area is 145 Å². The number of nitrogens with one attached hydrogen (secondary N) is 1. The van der Waals surface area contributed by atoms with Gasteiger partial charge in [-0.1, -0.05) is 30.3 Å². The van der Waals surface area contributed by atoms with Crippen LogP contribution in [-0.4, -0.2) is 44.7 Å². The molecule has 0 amide bonds. The highest BCUT2D eigenvalue weighted by Crippen LogP contribution is 2.24. The molecule has 0 bridgehead atoms. The standard InChI is InChI=1S/C18H19FN6/c19-15-6-4-5-14(11-15)17-12-20-9-10-24(17)13-18-21-22-23-25(18)16-7-2-1-3-8-16/h1-8,11,17,20H,9-10,12-13H2. The number of hydrogen-bond acceptors (Lipinski definition) is 5. The molecule has 0 saturated carbocycles. The molecule has 25 heavy (non-hydrogen) atoms. The van der Waals surface area contributed by atoms with Crippen molar-refractivity contribution in [3.05, 3.63) is 71.8 Å². The van der Waals surface area contributed by atoms with Gasteiger partial charge in [0, 0.05) is 25.7 Å². The van der Waals surface area contributed by atoms with Crippen molar-refractivity contribution in [1.29, 1.82) is 0 Å². The van der Waals surface area contributed by atoms with Crippen LogP contribution in [0.15, 0.2) is 54.6 Å². The molecule has 128 valence electrons. The van der Waals surface area contributed by atoms with Gasteiger partial charge in [0.2, 0.25) is 0 Å². The molecule has 1 N–H and O–H groups in total. The minimum absolute atomic E-state index is 0.0883. The van der Waals surface area contributed by atoms with E-state index in [2.05, 4.69) is 25.7 Å². The minimum atomic E-state index is -0.211. The molecule has 1 aromatic heterocycles. The van der Waals surface area contributed by atoms with Gasteiger partial charge in [0.15, 0.2) is 5.82 Å². The molecule has 7 heteroatoms. The number of para-hydroxylation sites is 1. The van der Waals surface area contributed by atoms with Gasteiger partial charge in [-0.3, -0.25) is 4.90 Å². The molecule has 1 aliphatic heterocycles. The zero-order chi connectivity index (χ0) is 17.1. The summed E-state index contributed by atoms with van der Waals surface area (Å²) in [6.07, 6.45) is 0. The summed E-state index contributed by atoms with van der Waals surface area (Å²) in [4.78, 5) is 2.29. The van der Waals surface area contributed by atoms with E-state index in [0.29, 0.717) is 6.54 Å². The molecule has 3 aromatic rings. The van der Waals surface area contributed by atoms with Gasteiger partial charge in [-0.15, -0.1) is 5.10 Å². The molecule has 1 aliphatic rings. The first-order valence-electron chi connectivity index (χ1n) is 8.34. The van der Waals surface area contributed by atoms with Crippen molar-refractivity contribution < 1.29 is 4.39 Å². The van der Waals surface area contributed by atoms with Gasteiger partial charge < -0.3 is 5.32 Å². The second-order valence-electron chi connectivity index (χ2n) is 6.09. The largest absolute Gasteiger partial charge is 0.314 e. The lowest BCUT2D eigenvalue weighted by molar-refractivity contribution is 0.148. The number of aromatic nitrogens is 4. The topological polar surface area (TPSA) is 58.9 Å². The lowest BCUT2D eigenvalue weighted by Crippen LogP contribution is -2.45. The predicted molar refractivity (Wildman–Crippen MR) is 91.6 cm³/mol. The summed E-state index contributed by atoms with van der Waals surface area (Å²) >= 11 is 0. The van der Waals surface area contributed by atoms with Crippen LogP contribution in [0.1, 0.15) is 17.4 Å². The minimum Gasteiger partial charge on any atom is -0.314 e. The molecule has 0 spiro atoms. The molecule has 1 fully saturated rings. The van der Waals surface area contributed by atoms with Crippen LogP contribution in [0.2, 0.25) is 0 Å². The van der Waals surface area contributed by atoms with E-state index in [-0.39, 0.29) is 11.9 Å². The number of hydrogen-bond donors (Lipinski definition) is 1. The third kappa shape index (κ3) is 3.42. The van der Waals surface area contributed by atoms with Gasteiger partial charge in [-0.25, -0.2) is 4.39 Å². The van der Waals surface area contributed by atoms with E-state index in [1.54, 1.807) is 16.8 Å². The van der Waals surface area contributed by atoms with E-state index in [9.17, 15) is 4.39 Å². The van der Waals surface area contributed by atoms with Crippen LogP contribution < -0.4 is 5.32 Å². The monoisotopic (exact) mass is 338 g/mol. The van der Waals surface area contributed by atoms with Gasteiger partial charge in [0.1, 0.15) is 5.82 Å². The van der Waals surface area contributed by atoms with Crippen molar-refractivity contribution >= 4 is 0 Å². The highest BCUT2D eigenvalue weighted by molar-refractivity contribution is 5.30. The molecule has 0 radical (unpaired) electrons. The zero-order valence-electron chi connectivity index (χ0n) is 13.7. The van der Waals surface area contributed by atoms with Crippen LogP contribution in [-0.2, 0) is 6.54 Å². The molecular weight excluding hydrogens is 319 g/mol. The third-order valence-electron chi connectivity index (χ3n) is 4.47. The van der Waals surface area contributed by atoms with E-state index < -0.39 is 0 Å². The molecule has 2 aromatic carbocycles. The average molecular weight is 338 g/mol. The van der Waals surface area contributed by atoms with E-state index in [1.165, 1.54) is 6.07 Å². The van der Waals surface area contributed by atoms with E-state index in [0.717, 1.165) is 36.7 Å². The zero-order valence-corrected chi connectivity index (χ0v) is 13.7. The molecule has 0 aliphatic carbocycles. The van der Waals surface area contributed by atoms with E-state index in [1.807, 2.05) is 36.4 Å². The maximum absolute atomic E-state index is 13.6. The number of halogens is 1. The molecule has 1 saturated heterocycles. The maximum Gasteiger partial charge on any atom is 0.170 e. The summed E-state index contributed by atoms with van der Waals surface area (Å²) in [6.45, 7) is 3.11. The fourth-order valence-electron chi connectivity index (χ4n) is 3.23. The van der Waals surface area contributed by atoms with Gasteiger partial charge >= 0.3 is 0 Å². The van der Waals surface area contributed by atoms with E-state index >= 15 is 0 Å². The van der Waals surface area contributed by atoms with Crippen LogP contribution in [0, 0.1) is 5.82 Å². The third-order valence-corrected chi connectivity index (χ3v) is 4.47. The van der Waals surface area contributed by atoms with Crippen LogP contribution in [0.5, 0.6) is 0 Å². The lowest BCUT2D eigenvalue weighted by atomic mass is 10.0. The highest BCUT2D eigenvalue weighted by Gasteiger charge is 2.26. The average Bonchev–Trinajstić information content (AvgIpc) is 3.11. The van der Waals surface area contributed by atoms with Gasteiger partial charge in [-0.05, 0) is 40.3 Å². The Morgan fingerprint density at radius 1 is 1.12 bits per heavy atom. The fraction of sp³-hybridized carbons (Fsp3) is 0.278. The normalized spacial score (nSPS) is 18.4. The van der Waals surface area contributed by atoms with Gasteiger partial charge in [-0.2, -0.15) is 4.68 Å². The molecule has 1 unspecified atom stereocenters. The van der Waals surface area contributed by atoms with E-state index in [4.69, 9.17) is 0 Å². The summed E-state index contributed by atoms with van der Waals surface area (Å²) in [6, 6.07) is 16.7. The van der Waals surface area contributed by atoms with Crippen molar-refractivity contribution in [3.8, 4) is 5.69 Å². The molecule has 2 heterocycles.